The van der Waals surface area contributed by atoms with Crippen molar-refractivity contribution in [2.24, 2.45) is 5.92 Å². The van der Waals surface area contributed by atoms with Gasteiger partial charge in [0.1, 0.15) is 0 Å². The van der Waals surface area contributed by atoms with E-state index in [4.69, 9.17) is 0 Å². The molecule has 0 spiro atoms. The monoisotopic (exact) mass is 321 g/mol. The Kier molecular flexibility index (Phi) is 5.92. The van der Waals surface area contributed by atoms with Gasteiger partial charge in [0.05, 0.1) is 6.04 Å². The predicted octanol–water partition coefficient (Wildman–Crippen LogP) is 1.77. The van der Waals surface area contributed by atoms with Gasteiger partial charge in [-0.3, -0.25) is 9.59 Å². The van der Waals surface area contributed by atoms with Crippen LogP contribution in [0, 0.1) is 5.92 Å². The molecule has 0 aromatic carbocycles. The second kappa shape index (κ2) is 8.13. The van der Waals surface area contributed by atoms with Crippen LogP contribution in [0.2, 0.25) is 0 Å². The Morgan fingerprint density at radius 1 is 0.826 bits per heavy atom. The van der Waals surface area contributed by atoms with Crippen molar-refractivity contribution in [1.82, 2.24) is 15.1 Å². The molecule has 5 heteroatoms. The molecule has 130 valence electrons. The second-order valence-corrected chi connectivity index (χ2v) is 7.42. The Balaban J connectivity index is 1.48. The summed E-state index contributed by atoms with van der Waals surface area (Å²) in [5, 5.41) is 3.35. The number of nitrogens with one attached hydrogen (secondary N) is 1. The lowest BCUT2D eigenvalue weighted by atomic mass is 10.0. The Hall–Kier alpha value is -1.10. The fourth-order valence-electron chi connectivity index (χ4n) is 4.26. The van der Waals surface area contributed by atoms with Gasteiger partial charge in [0.25, 0.3) is 0 Å². The van der Waals surface area contributed by atoms with Crippen LogP contribution in [0.15, 0.2) is 0 Å². The fraction of sp³-hybridized carbons (Fsp3) is 0.889. The van der Waals surface area contributed by atoms with Crippen LogP contribution < -0.4 is 5.32 Å². The topological polar surface area (TPSA) is 52.7 Å². The smallest absolute Gasteiger partial charge is 0.239 e. The van der Waals surface area contributed by atoms with Crippen LogP contribution in [0.1, 0.15) is 57.8 Å². The summed E-state index contributed by atoms with van der Waals surface area (Å²) in [7, 11) is 0. The van der Waals surface area contributed by atoms with Crippen LogP contribution in [-0.4, -0.2) is 60.4 Å². The first kappa shape index (κ1) is 16.7. The zero-order valence-electron chi connectivity index (χ0n) is 14.3. The highest BCUT2D eigenvalue weighted by molar-refractivity contribution is 5.82. The van der Waals surface area contributed by atoms with Crippen molar-refractivity contribution in [3.8, 4) is 0 Å². The molecular formula is C18H31N3O2. The van der Waals surface area contributed by atoms with Crippen molar-refractivity contribution < 1.29 is 9.59 Å². The quantitative estimate of drug-likeness (QED) is 0.862. The average Bonchev–Trinajstić information content (AvgIpc) is 2.96. The number of rotatable bonds is 3. The van der Waals surface area contributed by atoms with E-state index in [9.17, 15) is 9.59 Å². The highest BCUT2D eigenvalue weighted by atomic mass is 16.2. The summed E-state index contributed by atoms with van der Waals surface area (Å²) in [6, 6.07) is 0.00416. The van der Waals surface area contributed by atoms with Gasteiger partial charge >= 0.3 is 0 Å². The van der Waals surface area contributed by atoms with Gasteiger partial charge < -0.3 is 15.1 Å². The van der Waals surface area contributed by atoms with Crippen LogP contribution >= 0.6 is 0 Å². The first-order valence-electron chi connectivity index (χ1n) is 9.54. The number of amides is 2. The summed E-state index contributed by atoms with van der Waals surface area (Å²) in [4.78, 5) is 29.1. The second-order valence-electron chi connectivity index (χ2n) is 7.42. The van der Waals surface area contributed by atoms with Crippen LogP contribution in [0.3, 0.4) is 0 Å². The van der Waals surface area contributed by atoms with Crippen molar-refractivity contribution in [3.63, 3.8) is 0 Å². The summed E-state index contributed by atoms with van der Waals surface area (Å²) < 4.78 is 0. The minimum atomic E-state index is 0.00416. The summed E-state index contributed by atoms with van der Waals surface area (Å²) in [5.41, 5.74) is 0. The minimum Gasteiger partial charge on any atom is -0.341 e. The van der Waals surface area contributed by atoms with Gasteiger partial charge in [-0.2, -0.15) is 0 Å². The Labute approximate surface area is 139 Å². The van der Waals surface area contributed by atoms with Crippen LogP contribution in [0.5, 0.6) is 0 Å². The Bertz CT molecular complexity index is 414. The van der Waals surface area contributed by atoms with E-state index < -0.39 is 0 Å². The lowest BCUT2D eigenvalue weighted by molar-refractivity contribution is -0.135. The highest BCUT2D eigenvalue weighted by Gasteiger charge is 2.29. The highest BCUT2D eigenvalue weighted by Crippen LogP contribution is 2.28. The van der Waals surface area contributed by atoms with Gasteiger partial charge in [-0.05, 0) is 44.6 Å². The van der Waals surface area contributed by atoms with Crippen molar-refractivity contribution in [3.05, 3.63) is 0 Å². The molecule has 1 unspecified atom stereocenters. The molecule has 1 N–H and O–H groups in total. The Morgan fingerprint density at radius 2 is 1.52 bits per heavy atom. The molecule has 2 heterocycles. The normalized spacial score (nSPS) is 27.0. The number of piperidine rings is 1. The first-order chi connectivity index (χ1) is 11.2. The molecule has 0 radical (unpaired) electrons. The molecule has 1 atom stereocenters. The zero-order chi connectivity index (χ0) is 16.1. The predicted molar refractivity (Wildman–Crippen MR) is 90.0 cm³/mol. The van der Waals surface area contributed by atoms with E-state index in [1.54, 1.807) is 0 Å². The number of hydrogen-bond donors (Lipinski definition) is 1. The van der Waals surface area contributed by atoms with E-state index >= 15 is 0 Å². The summed E-state index contributed by atoms with van der Waals surface area (Å²) in [6.45, 7) is 3.98. The number of nitrogens with zero attached hydrogens (tertiary/aromatic N) is 2. The molecule has 3 aliphatic rings. The van der Waals surface area contributed by atoms with E-state index in [2.05, 4.69) is 5.32 Å². The maximum absolute atomic E-state index is 12.6. The maximum Gasteiger partial charge on any atom is 0.239 e. The molecule has 1 aliphatic carbocycles. The molecule has 0 aromatic rings. The summed E-state index contributed by atoms with van der Waals surface area (Å²) >= 11 is 0. The molecule has 23 heavy (non-hydrogen) atoms. The zero-order valence-corrected chi connectivity index (χ0v) is 14.3. The lowest BCUT2D eigenvalue weighted by Gasteiger charge is -2.29. The molecule has 3 fully saturated rings. The molecular weight excluding hydrogens is 290 g/mol. The Morgan fingerprint density at radius 3 is 2.26 bits per heavy atom. The summed E-state index contributed by atoms with van der Waals surface area (Å²) in [6.07, 6.45) is 9.92. The number of carbonyl (C=O) groups excluding carboxylic acids is 2. The molecule has 2 aliphatic heterocycles. The van der Waals surface area contributed by atoms with Crippen LogP contribution in [0.4, 0.5) is 0 Å². The van der Waals surface area contributed by atoms with Crippen molar-refractivity contribution >= 4 is 11.8 Å². The van der Waals surface area contributed by atoms with Gasteiger partial charge in [0.2, 0.25) is 11.8 Å². The molecule has 2 saturated heterocycles. The molecule has 5 nitrogen and oxygen atoms in total. The molecule has 1 saturated carbocycles. The van der Waals surface area contributed by atoms with Gasteiger partial charge in [0.15, 0.2) is 0 Å². The van der Waals surface area contributed by atoms with E-state index in [1.807, 2.05) is 9.80 Å². The van der Waals surface area contributed by atoms with Crippen LogP contribution in [-0.2, 0) is 9.59 Å². The van der Waals surface area contributed by atoms with Crippen molar-refractivity contribution in [1.29, 1.82) is 0 Å². The average molecular weight is 321 g/mol. The van der Waals surface area contributed by atoms with Gasteiger partial charge in [-0.1, -0.05) is 19.3 Å². The van der Waals surface area contributed by atoms with E-state index in [1.165, 1.54) is 32.1 Å². The largest absolute Gasteiger partial charge is 0.341 e. The number of carbonyl (C=O) groups is 2. The lowest BCUT2D eigenvalue weighted by Crippen LogP contribution is -2.49. The van der Waals surface area contributed by atoms with E-state index in [0.717, 1.165) is 45.3 Å². The SMILES string of the molecule is O=C(CC1CCCC1)N1CCCN(C(=O)C2CCCCN2)CC1. The van der Waals surface area contributed by atoms with E-state index in [-0.39, 0.29) is 11.9 Å². The molecule has 0 aromatic heterocycles. The van der Waals surface area contributed by atoms with Gasteiger partial charge in [0, 0.05) is 32.6 Å². The van der Waals surface area contributed by atoms with Crippen molar-refractivity contribution in [2.45, 2.75) is 63.8 Å². The first-order valence-corrected chi connectivity index (χ1v) is 9.54. The third-order valence-electron chi connectivity index (χ3n) is 5.71. The molecule has 3 rings (SSSR count). The van der Waals surface area contributed by atoms with Gasteiger partial charge in [-0.25, -0.2) is 0 Å². The minimum absolute atomic E-state index is 0.00416. The maximum atomic E-state index is 12.6. The van der Waals surface area contributed by atoms with Gasteiger partial charge in [-0.15, -0.1) is 0 Å². The van der Waals surface area contributed by atoms with E-state index in [0.29, 0.717) is 24.9 Å². The molecule has 2 amide bonds. The van der Waals surface area contributed by atoms with Crippen molar-refractivity contribution in [2.75, 3.05) is 32.7 Å². The third kappa shape index (κ3) is 4.46. The molecule has 0 bridgehead atoms. The fourth-order valence-corrected chi connectivity index (χ4v) is 4.26. The standard InChI is InChI=1S/C18H31N3O2/c22-17(14-15-6-1-2-7-15)20-10-5-11-21(13-12-20)18(23)16-8-3-4-9-19-16/h15-16,19H,1-14H2. The number of hydrogen-bond acceptors (Lipinski definition) is 3. The van der Waals surface area contributed by atoms with Crippen LogP contribution in [0.25, 0.3) is 0 Å². The third-order valence-corrected chi connectivity index (χ3v) is 5.71. The summed E-state index contributed by atoms with van der Waals surface area (Å²) in [5.74, 6) is 1.16.